The number of hydrogen-bond acceptors (Lipinski definition) is 3. The van der Waals surface area contributed by atoms with Crippen LogP contribution in [0.4, 0.5) is 0 Å². The van der Waals surface area contributed by atoms with Crippen LogP contribution in [-0.4, -0.2) is 16.3 Å². The number of fused-ring (bicyclic) bond motifs is 1. The van der Waals surface area contributed by atoms with Gasteiger partial charge in [-0.3, -0.25) is 0 Å². The molecule has 4 heteroatoms. The standard InChI is InChI=1S/C21H24N4/c1-16(19-4-2-5-21(13-19)25-11-3-9-24-25)23-14-17-6-7-18-8-10-22-15-20(18)12-17/h2-7,9,11-13,16,22-23H,8,10,14-15H2,1H3. The second kappa shape index (κ2) is 7.21. The molecular formula is C21H24N4. The van der Waals surface area contributed by atoms with Crippen molar-refractivity contribution in [1.82, 2.24) is 20.4 Å². The average Bonchev–Trinajstić information content (AvgIpc) is 3.21. The first kappa shape index (κ1) is 16.1. The third kappa shape index (κ3) is 3.65. The summed E-state index contributed by atoms with van der Waals surface area (Å²) in [6.45, 7) is 5.17. The van der Waals surface area contributed by atoms with E-state index in [0.29, 0.717) is 0 Å². The second-order valence-electron chi connectivity index (χ2n) is 6.68. The van der Waals surface area contributed by atoms with Gasteiger partial charge in [0, 0.05) is 31.5 Å². The van der Waals surface area contributed by atoms with Gasteiger partial charge in [0.15, 0.2) is 0 Å². The molecule has 4 rings (SSSR count). The van der Waals surface area contributed by atoms with E-state index in [2.05, 4.69) is 65.1 Å². The molecule has 128 valence electrons. The fourth-order valence-corrected chi connectivity index (χ4v) is 3.39. The Labute approximate surface area is 148 Å². The normalized spacial score (nSPS) is 14.9. The summed E-state index contributed by atoms with van der Waals surface area (Å²) in [5.74, 6) is 0. The summed E-state index contributed by atoms with van der Waals surface area (Å²) in [4.78, 5) is 0. The summed E-state index contributed by atoms with van der Waals surface area (Å²) in [6, 6.07) is 17.6. The molecule has 1 aromatic heterocycles. The lowest BCUT2D eigenvalue weighted by atomic mass is 9.98. The zero-order valence-corrected chi connectivity index (χ0v) is 14.6. The predicted molar refractivity (Wildman–Crippen MR) is 101 cm³/mol. The highest BCUT2D eigenvalue weighted by Crippen LogP contribution is 2.19. The lowest BCUT2D eigenvalue weighted by molar-refractivity contribution is 0.572. The molecule has 4 nitrogen and oxygen atoms in total. The summed E-state index contributed by atoms with van der Waals surface area (Å²) in [7, 11) is 0. The van der Waals surface area contributed by atoms with Crippen molar-refractivity contribution < 1.29 is 0 Å². The van der Waals surface area contributed by atoms with Gasteiger partial charge in [-0.2, -0.15) is 5.10 Å². The molecule has 1 atom stereocenters. The zero-order chi connectivity index (χ0) is 17.1. The van der Waals surface area contributed by atoms with Crippen molar-refractivity contribution in [3.63, 3.8) is 0 Å². The minimum absolute atomic E-state index is 0.282. The largest absolute Gasteiger partial charge is 0.312 e. The van der Waals surface area contributed by atoms with Crippen molar-refractivity contribution in [3.05, 3.63) is 83.2 Å². The monoisotopic (exact) mass is 332 g/mol. The first-order chi connectivity index (χ1) is 12.3. The Balaban J connectivity index is 1.44. The quantitative estimate of drug-likeness (QED) is 0.753. The Bertz CT molecular complexity index is 839. The van der Waals surface area contributed by atoms with E-state index in [0.717, 1.165) is 31.7 Å². The van der Waals surface area contributed by atoms with E-state index in [1.54, 1.807) is 6.20 Å². The van der Waals surface area contributed by atoms with E-state index in [9.17, 15) is 0 Å². The molecule has 0 amide bonds. The molecule has 1 aliphatic rings. The van der Waals surface area contributed by atoms with E-state index in [1.165, 1.54) is 22.3 Å². The van der Waals surface area contributed by atoms with E-state index >= 15 is 0 Å². The van der Waals surface area contributed by atoms with Gasteiger partial charge in [0.1, 0.15) is 0 Å². The number of nitrogens with zero attached hydrogens (tertiary/aromatic N) is 2. The smallest absolute Gasteiger partial charge is 0.0648 e. The predicted octanol–water partition coefficient (Wildman–Crippen LogP) is 3.37. The Morgan fingerprint density at radius 1 is 1.16 bits per heavy atom. The fraction of sp³-hybridized carbons (Fsp3) is 0.286. The molecule has 0 radical (unpaired) electrons. The van der Waals surface area contributed by atoms with Gasteiger partial charge in [-0.25, -0.2) is 4.68 Å². The van der Waals surface area contributed by atoms with Crippen LogP contribution in [0.2, 0.25) is 0 Å². The number of rotatable bonds is 5. The third-order valence-corrected chi connectivity index (χ3v) is 4.91. The van der Waals surface area contributed by atoms with Gasteiger partial charge in [0.25, 0.3) is 0 Å². The van der Waals surface area contributed by atoms with Crippen LogP contribution in [0.1, 0.15) is 35.2 Å². The molecule has 0 aliphatic carbocycles. The summed E-state index contributed by atoms with van der Waals surface area (Å²) >= 11 is 0. The molecule has 2 aromatic carbocycles. The molecule has 25 heavy (non-hydrogen) atoms. The topological polar surface area (TPSA) is 41.9 Å². The maximum atomic E-state index is 4.31. The van der Waals surface area contributed by atoms with Gasteiger partial charge in [-0.15, -0.1) is 0 Å². The molecular weight excluding hydrogens is 308 g/mol. The van der Waals surface area contributed by atoms with Crippen LogP contribution in [0.3, 0.4) is 0 Å². The lowest BCUT2D eigenvalue weighted by Gasteiger charge is -2.19. The van der Waals surface area contributed by atoms with E-state index < -0.39 is 0 Å². The average molecular weight is 332 g/mol. The van der Waals surface area contributed by atoms with Gasteiger partial charge in [0.2, 0.25) is 0 Å². The highest BCUT2D eigenvalue weighted by atomic mass is 15.3. The molecule has 0 bridgehead atoms. The van der Waals surface area contributed by atoms with Crippen molar-refractivity contribution in [2.45, 2.75) is 32.5 Å². The molecule has 2 N–H and O–H groups in total. The molecule has 1 aliphatic heterocycles. The Morgan fingerprint density at radius 2 is 2.12 bits per heavy atom. The molecule has 2 heterocycles. The van der Waals surface area contributed by atoms with Gasteiger partial charge < -0.3 is 10.6 Å². The number of nitrogens with one attached hydrogen (secondary N) is 2. The second-order valence-corrected chi connectivity index (χ2v) is 6.68. The minimum Gasteiger partial charge on any atom is -0.312 e. The highest BCUT2D eigenvalue weighted by molar-refractivity contribution is 5.37. The van der Waals surface area contributed by atoms with Gasteiger partial charge in [0.05, 0.1) is 5.69 Å². The van der Waals surface area contributed by atoms with Gasteiger partial charge >= 0.3 is 0 Å². The minimum atomic E-state index is 0.282. The maximum Gasteiger partial charge on any atom is 0.0648 e. The van der Waals surface area contributed by atoms with Crippen LogP contribution < -0.4 is 10.6 Å². The SMILES string of the molecule is CC(NCc1ccc2c(c1)CNCC2)c1cccc(-n2cccn2)c1. The molecule has 3 aromatic rings. The molecule has 1 unspecified atom stereocenters. The van der Waals surface area contributed by atoms with E-state index in [4.69, 9.17) is 0 Å². The van der Waals surface area contributed by atoms with Crippen molar-refractivity contribution in [2.75, 3.05) is 6.54 Å². The Hall–Kier alpha value is -2.43. The van der Waals surface area contributed by atoms with Crippen LogP contribution in [0, 0.1) is 0 Å². The van der Waals surface area contributed by atoms with Crippen LogP contribution in [0.15, 0.2) is 60.9 Å². The van der Waals surface area contributed by atoms with Crippen molar-refractivity contribution >= 4 is 0 Å². The number of benzene rings is 2. The van der Waals surface area contributed by atoms with Crippen molar-refractivity contribution in [2.24, 2.45) is 0 Å². The number of aromatic nitrogens is 2. The molecule has 0 saturated carbocycles. The van der Waals surface area contributed by atoms with Crippen LogP contribution in [-0.2, 0) is 19.5 Å². The summed E-state index contributed by atoms with van der Waals surface area (Å²) < 4.78 is 1.90. The first-order valence-electron chi connectivity index (χ1n) is 8.94. The van der Waals surface area contributed by atoms with E-state index in [-0.39, 0.29) is 6.04 Å². The summed E-state index contributed by atoms with van der Waals surface area (Å²) in [6.07, 6.45) is 4.91. The third-order valence-electron chi connectivity index (χ3n) is 4.91. The molecule has 0 spiro atoms. The van der Waals surface area contributed by atoms with Crippen LogP contribution in [0.5, 0.6) is 0 Å². The summed E-state index contributed by atoms with van der Waals surface area (Å²) in [5.41, 5.74) is 6.64. The molecule has 0 saturated heterocycles. The lowest BCUT2D eigenvalue weighted by Crippen LogP contribution is -2.24. The first-order valence-corrected chi connectivity index (χ1v) is 8.94. The van der Waals surface area contributed by atoms with Crippen molar-refractivity contribution in [1.29, 1.82) is 0 Å². The fourth-order valence-electron chi connectivity index (χ4n) is 3.39. The molecule has 0 fully saturated rings. The van der Waals surface area contributed by atoms with Crippen LogP contribution in [0.25, 0.3) is 5.69 Å². The van der Waals surface area contributed by atoms with Crippen LogP contribution >= 0.6 is 0 Å². The summed E-state index contributed by atoms with van der Waals surface area (Å²) in [5, 5.41) is 11.4. The number of hydrogen-bond donors (Lipinski definition) is 2. The highest BCUT2D eigenvalue weighted by Gasteiger charge is 2.10. The Kier molecular flexibility index (Phi) is 4.63. The Morgan fingerprint density at radius 3 is 3.00 bits per heavy atom. The van der Waals surface area contributed by atoms with Gasteiger partial charge in [-0.1, -0.05) is 30.3 Å². The van der Waals surface area contributed by atoms with Gasteiger partial charge in [-0.05, 0) is 60.3 Å². The van der Waals surface area contributed by atoms with Crippen molar-refractivity contribution in [3.8, 4) is 5.69 Å². The zero-order valence-electron chi connectivity index (χ0n) is 14.6. The van der Waals surface area contributed by atoms with E-state index in [1.807, 2.05) is 16.9 Å². The maximum absolute atomic E-state index is 4.31.